The van der Waals surface area contributed by atoms with E-state index in [1.165, 1.54) is 6.21 Å². The maximum absolute atomic E-state index is 12.1. The second kappa shape index (κ2) is 8.17. The molecule has 29 heavy (non-hydrogen) atoms. The van der Waals surface area contributed by atoms with Gasteiger partial charge in [0.1, 0.15) is 17.4 Å². The van der Waals surface area contributed by atoms with Gasteiger partial charge in [-0.25, -0.2) is 5.43 Å². The number of furan rings is 1. The van der Waals surface area contributed by atoms with Gasteiger partial charge in [0.25, 0.3) is 5.91 Å². The topological polar surface area (TPSA) is 104 Å². The highest BCUT2D eigenvalue weighted by Crippen LogP contribution is 2.28. The molecule has 0 aliphatic heterocycles. The van der Waals surface area contributed by atoms with Crippen molar-refractivity contribution in [1.82, 2.24) is 9.99 Å². The predicted octanol–water partition coefficient (Wildman–Crippen LogP) is 3.36. The third kappa shape index (κ3) is 3.84. The van der Waals surface area contributed by atoms with Crippen LogP contribution in [-0.4, -0.2) is 21.8 Å². The Labute approximate surface area is 168 Å². The highest BCUT2D eigenvalue weighted by Gasteiger charge is 2.20. The molecule has 0 aliphatic carbocycles. The molecule has 0 bridgehead atoms. The molecule has 1 amide bonds. The number of rotatable bonds is 5. The fourth-order valence-corrected chi connectivity index (χ4v) is 3.14. The van der Waals surface area contributed by atoms with E-state index in [-0.39, 0.29) is 0 Å². The van der Waals surface area contributed by atoms with Gasteiger partial charge in [-0.2, -0.15) is 10.4 Å². The number of nitrogens with one attached hydrogen (secondary N) is 1. The minimum Gasteiger partial charge on any atom is -0.443 e. The minimum atomic E-state index is -1.30. The normalized spacial score (nSPS) is 12.1. The van der Waals surface area contributed by atoms with Crippen molar-refractivity contribution in [3.63, 3.8) is 0 Å². The number of aliphatic hydroxyl groups excluding tert-OH is 1. The van der Waals surface area contributed by atoms with Crippen LogP contribution in [0.1, 0.15) is 45.5 Å². The summed E-state index contributed by atoms with van der Waals surface area (Å²) >= 11 is 0. The number of hydrogen-bond donors (Lipinski definition) is 2. The number of carbonyl (C=O) groups excluding carboxylic acids is 1. The van der Waals surface area contributed by atoms with E-state index in [0.717, 1.165) is 22.5 Å². The van der Waals surface area contributed by atoms with Crippen molar-refractivity contribution in [2.75, 3.05) is 0 Å². The van der Waals surface area contributed by atoms with Crippen LogP contribution in [0.4, 0.5) is 0 Å². The summed E-state index contributed by atoms with van der Waals surface area (Å²) in [5.74, 6) is 0.549. The first-order chi connectivity index (χ1) is 13.8. The Morgan fingerprint density at radius 1 is 1.28 bits per heavy atom. The largest absolute Gasteiger partial charge is 0.443 e. The molecule has 3 rings (SSSR count). The van der Waals surface area contributed by atoms with Crippen molar-refractivity contribution in [3.8, 4) is 12.0 Å². The second-order valence-corrected chi connectivity index (χ2v) is 6.78. The van der Waals surface area contributed by atoms with Gasteiger partial charge < -0.3 is 9.52 Å². The van der Waals surface area contributed by atoms with Crippen LogP contribution in [0.15, 0.2) is 45.9 Å². The number of carbonyl (C=O) groups is 1. The summed E-state index contributed by atoms with van der Waals surface area (Å²) in [5.41, 5.74) is 6.59. The van der Waals surface area contributed by atoms with Crippen LogP contribution in [0.5, 0.6) is 0 Å². The van der Waals surface area contributed by atoms with E-state index >= 15 is 0 Å². The lowest BCUT2D eigenvalue weighted by Crippen LogP contribution is -2.25. The van der Waals surface area contributed by atoms with Crippen LogP contribution < -0.4 is 5.43 Å². The first-order valence-corrected chi connectivity index (χ1v) is 9.10. The fourth-order valence-electron chi connectivity index (χ4n) is 3.14. The number of nitriles is 1. The Morgan fingerprint density at radius 2 is 1.97 bits per heavy atom. The average molecular weight is 390 g/mol. The van der Waals surface area contributed by atoms with Crippen LogP contribution in [-0.2, 0) is 4.79 Å². The zero-order chi connectivity index (χ0) is 21.1. The summed E-state index contributed by atoms with van der Waals surface area (Å²) in [6, 6.07) is 12.7. The number of aryl methyl sites for hydroxylation is 2. The maximum Gasteiger partial charge on any atom is 0.273 e. The molecule has 2 aromatic heterocycles. The molecule has 0 fully saturated rings. The zero-order valence-electron chi connectivity index (χ0n) is 16.7. The lowest BCUT2D eigenvalue weighted by atomic mass is 10.1. The van der Waals surface area contributed by atoms with Crippen molar-refractivity contribution >= 4 is 12.1 Å². The highest BCUT2D eigenvalue weighted by atomic mass is 16.4. The van der Waals surface area contributed by atoms with E-state index in [0.29, 0.717) is 22.8 Å². The third-order valence-corrected chi connectivity index (χ3v) is 4.89. The number of hydrazone groups is 1. The Kier molecular flexibility index (Phi) is 5.66. The van der Waals surface area contributed by atoms with Gasteiger partial charge in [0.05, 0.1) is 6.21 Å². The zero-order valence-corrected chi connectivity index (χ0v) is 16.7. The lowest BCUT2D eigenvalue weighted by molar-refractivity contribution is -0.129. The molecule has 0 aliphatic rings. The summed E-state index contributed by atoms with van der Waals surface area (Å²) in [6.07, 6.45) is 0.205. The molecule has 0 spiro atoms. The molecule has 148 valence electrons. The number of hydrogen-bond acceptors (Lipinski definition) is 5. The molecule has 0 saturated heterocycles. The number of amides is 1. The summed E-state index contributed by atoms with van der Waals surface area (Å²) < 4.78 is 7.66. The molecule has 7 heteroatoms. The van der Waals surface area contributed by atoms with Gasteiger partial charge in [-0.15, -0.1) is 0 Å². The first kappa shape index (κ1) is 20.1. The summed E-state index contributed by atoms with van der Waals surface area (Å²) in [5, 5.41) is 23.5. The summed E-state index contributed by atoms with van der Waals surface area (Å²) in [7, 11) is 0. The van der Waals surface area contributed by atoms with Crippen LogP contribution >= 0.6 is 0 Å². The molecule has 0 unspecified atom stereocenters. The monoisotopic (exact) mass is 390 g/mol. The first-order valence-electron chi connectivity index (χ1n) is 9.10. The molecule has 0 radical (unpaired) electrons. The van der Waals surface area contributed by atoms with E-state index in [1.807, 2.05) is 44.4 Å². The summed E-state index contributed by atoms with van der Waals surface area (Å²) in [6.45, 7) is 7.45. The Morgan fingerprint density at radius 3 is 2.62 bits per heavy atom. The minimum absolute atomic E-state index is 0.473. The SMILES string of the molecule is Cc1oc(-n2c(C)cc(/C=N\NC(=O)[C@H](O)c3ccccc3)c2C)c(C#N)c1C. The Balaban J connectivity index is 1.82. The number of nitrogens with zero attached hydrogens (tertiary/aromatic N) is 3. The van der Waals surface area contributed by atoms with Gasteiger partial charge in [-0.3, -0.25) is 9.36 Å². The van der Waals surface area contributed by atoms with Gasteiger partial charge in [-0.1, -0.05) is 30.3 Å². The van der Waals surface area contributed by atoms with Crippen molar-refractivity contribution in [2.45, 2.75) is 33.8 Å². The maximum atomic E-state index is 12.1. The molecular weight excluding hydrogens is 368 g/mol. The van der Waals surface area contributed by atoms with Crippen LogP contribution in [0, 0.1) is 39.0 Å². The quantitative estimate of drug-likeness (QED) is 0.515. The molecule has 3 aromatic rings. The van der Waals surface area contributed by atoms with Crippen molar-refractivity contribution in [2.24, 2.45) is 5.10 Å². The molecule has 1 aromatic carbocycles. The van der Waals surface area contributed by atoms with Gasteiger partial charge in [0, 0.05) is 22.5 Å². The summed E-state index contributed by atoms with van der Waals surface area (Å²) in [4.78, 5) is 12.1. The molecule has 2 heterocycles. The Bertz CT molecular complexity index is 1120. The van der Waals surface area contributed by atoms with Crippen LogP contribution in [0.25, 0.3) is 5.88 Å². The van der Waals surface area contributed by atoms with Crippen LogP contribution in [0.2, 0.25) is 0 Å². The number of benzene rings is 1. The smallest absolute Gasteiger partial charge is 0.273 e. The molecule has 7 nitrogen and oxygen atoms in total. The van der Waals surface area contributed by atoms with E-state index in [4.69, 9.17) is 4.42 Å². The van der Waals surface area contributed by atoms with E-state index in [9.17, 15) is 15.2 Å². The third-order valence-electron chi connectivity index (χ3n) is 4.89. The van der Waals surface area contributed by atoms with E-state index in [2.05, 4.69) is 16.6 Å². The van der Waals surface area contributed by atoms with E-state index in [1.54, 1.807) is 24.3 Å². The fraction of sp³-hybridized carbons (Fsp3) is 0.227. The van der Waals surface area contributed by atoms with Gasteiger partial charge in [-0.05, 0) is 39.3 Å². The molecule has 1 atom stereocenters. The van der Waals surface area contributed by atoms with Crippen LogP contribution in [0.3, 0.4) is 0 Å². The number of aliphatic hydroxyl groups is 1. The van der Waals surface area contributed by atoms with Gasteiger partial charge in [0.2, 0.25) is 5.88 Å². The lowest BCUT2D eigenvalue weighted by Gasteiger charge is -2.08. The molecule has 2 N–H and O–H groups in total. The molecule has 0 saturated carbocycles. The van der Waals surface area contributed by atoms with Crippen molar-refractivity contribution in [3.05, 3.63) is 75.8 Å². The van der Waals surface area contributed by atoms with E-state index < -0.39 is 12.0 Å². The predicted molar refractivity (Wildman–Crippen MR) is 109 cm³/mol. The Hall–Kier alpha value is -3.63. The highest BCUT2D eigenvalue weighted by molar-refractivity contribution is 5.86. The second-order valence-electron chi connectivity index (χ2n) is 6.78. The van der Waals surface area contributed by atoms with Crippen molar-refractivity contribution in [1.29, 1.82) is 5.26 Å². The number of aromatic nitrogens is 1. The van der Waals surface area contributed by atoms with Crippen molar-refractivity contribution < 1.29 is 14.3 Å². The van der Waals surface area contributed by atoms with Gasteiger partial charge in [0.15, 0.2) is 6.10 Å². The standard InChI is InChI=1S/C22H22N4O3/c1-13-10-18(12-24-25-21(28)20(27)17-8-6-5-7-9-17)15(3)26(13)22-19(11-23)14(2)16(4)29-22/h5-10,12,20,27H,1-4H3,(H,25,28)/b24-12-/t20-/m1/s1. The van der Waals surface area contributed by atoms with Gasteiger partial charge >= 0.3 is 0 Å². The average Bonchev–Trinajstić information content (AvgIpc) is 3.16. The molecular formula is C22H22N4O3.